The molecule has 0 unspecified atom stereocenters. The number of unbranched alkanes of at least 4 members (excludes halogenated alkanes) is 2. The maximum absolute atomic E-state index is 11.8. The van der Waals surface area contributed by atoms with Gasteiger partial charge in [0.25, 0.3) is 7.82 Å². The van der Waals surface area contributed by atoms with Crippen LogP contribution >= 0.6 is 7.82 Å². The molecule has 21 heavy (non-hydrogen) atoms. The lowest BCUT2D eigenvalue weighted by Crippen LogP contribution is -2.17. The molecular formula is C16H34O4P-. The van der Waals surface area contributed by atoms with Crippen molar-refractivity contribution >= 4 is 7.82 Å². The van der Waals surface area contributed by atoms with E-state index in [9.17, 15) is 9.46 Å². The molecule has 0 aliphatic carbocycles. The van der Waals surface area contributed by atoms with Crippen molar-refractivity contribution in [1.29, 1.82) is 0 Å². The zero-order valence-corrected chi connectivity index (χ0v) is 15.2. The van der Waals surface area contributed by atoms with Crippen LogP contribution in [0.15, 0.2) is 0 Å². The molecule has 2 atom stereocenters. The van der Waals surface area contributed by atoms with Crippen LogP contribution in [0.5, 0.6) is 0 Å². The van der Waals surface area contributed by atoms with E-state index in [1.165, 1.54) is 0 Å². The van der Waals surface area contributed by atoms with E-state index in [0.29, 0.717) is 11.8 Å². The molecule has 0 aromatic rings. The van der Waals surface area contributed by atoms with Gasteiger partial charge in [-0.15, -0.1) is 0 Å². The molecule has 0 aromatic carbocycles. The summed E-state index contributed by atoms with van der Waals surface area (Å²) in [7, 11) is -4.14. The summed E-state index contributed by atoms with van der Waals surface area (Å²) in [5.41, 5.74) is 0. The van der Waals surface area contributed by atoms with Crippen LogP contribution in [-0.4, -0.2) is 13.2 Å². The van der Waals surface area contributed by atoms with Crippen molar-refractivity contribution < 1.29 is 18.5 Å². The second-order valence-corrected chi connectivity index (χ2v) is 7.28. The summed E-state index contributed by atoms with van der Waals surface area (Å²) in [5.74, 6) is 0.607. The Bertz CT molecular complexity index is 259. The Labute approximate surface area is 131 Å². The summed E-state index contributed by atoms with van der Waals surface area (Å²) in [6, 6.07) is 0. The van der Waals surface area contributed by atoms with E-state index in [0.717, 1.165) is 51.4 Å². The number of rotatable bonds is 14. The topological polar surface area (TPSA) is 58.6 Å². The molecule has 128 valence electrons. The van der Waals surface area contributed by atoms with Crippen LogP contribution in [0.3, 0.4) is 0 Å². The molecule has 0 bridgehead atoms. The highest BCUT2D eigenvalue weighted by atomic mass is 31.2. The smallest absolute Gasteiger partial charge is 0.267 e. The molecule has 0 radical (unpaired) electrons. The molecule has 4 nitrogen and oxygen atoms in total. The van der Waals surface area contributed by atoms with Crippen LogP contribution in [0.4, 0.5) is 0 Å². The molecule has 0 aliphatic heterocycles. The molecule has 0 N–H and O–H groups in total. The summed E-state index contributed by atoms with van der Waals surface area (Å²) < 4.78 is 21.9. The Balaban J connectivity index is 4.08. The van der Waals surface area contributed by atoms with E-state index in [2.05, 4.69) is 27.7 Å². The van der Waals surface area contributed by atoms with E-state index in [1.54, 1.807) is 0 Å². The van der Waals surface area contributed by atoms with Gasteiger partial charge in [0.1, 0.15) is 0 Å². The van der Waals surface area contributed by atoms with Gasteiger partial charge in [0, 0.05) is 0 Å². The predicted octanol–water partition coefficient (Wildman–Crippen LogP) is 4.92. The van der Waals surface area contributed by atoms with Gasteiger partial charge in [0.05, 0.1) is 13.2 Å². The third kappa shape index (κ3) is 11.3. The van der Waals surface area contributed by atoms with E-state index in [1.807, 2.05) is 0 Å². The Kier molecular flexibility index (Phi) is 12.7. The molecule has 0 amide bonds. The fourth-order valence-corrected chi connectivity index (χ4v) is 3.09. The van der Waals surface area contributed by atoms with Gasteiger partial charge in [-0.1, -0.05) is 66.2 Å². The Morgan fingerprint density at radius 1 is 0.857 bits per heavy atom. The molecule has 0 spiro atoms. The Hall–Kier alpha value is 0.110. The average molecular weight is 321 g/mol. The highest BCUT2D eigenvalue weighted by molar-refractivity contribution is 7.45. The number of hydrogen-bond acceptors (Lipinski definition) is 4. The lowest BCUT2D eigenvalue weighted by atomic mass is 10.0. The lowest BCUT2D eigenvalue weighted by molar-refractivity contribution is -0.227. The standard InChI is InChI=1S/C16H35O4P/c1-5-9-11-15(7-3)13-19-21(17,18)20-14-16(8-4)12-10-6-2/h15-16H,5-14H2,1-4H3,(H,17,18)/p-1/t15-,16-/m0/s1. The molecule has 0 heterocycles. The molecule has 0 saturated carbocycles. The van der Waals surface area contributed by atoms with Gasteiger partial charge in [-0.25, -0.2) is 0 Å². The van der Waals surface area contributed by atoms with Crippen molar-refractivity contribution in [2.24, 2.45) is 11.8 Å². The highest BCUT2D eigenvalue weighted by Gasteiger charge is 2.16. The van der Waals surface area contributed by atoms with Crippen molar-refractivity contribution in [2.45, 2.75) is 79.1 Å². The van der Waals surface area contributed by atoms with Crippen LogP contribution in [0.1, 0.15) is 79.1 Å². The molecule has 0 aromatic heterocycles. The van der Waals surface area contributed by atoms with Gasteiger partial charge < -0.3 is 13.9 Å². The maximum Gasteiger partial charge on any atom is 0.267 e. The van der Waals surface area contributed by atoms with Crippen LogP contribution in [0.2, 0.25) is 0 Å². The summed E-state index contributed by atoms with van der Waals surface area (Å²) >= 11 is 0. The molecule has 0 fully saturated rings. The van der Waals surface area contributed by atoms with Gasteiger partial charge >= 0.3 is 0 Å². The fraction of sp³-hybridized carbons (Fsp3) is 1.00. The predicted molar refractivity (Wildman–Crippen MR) is 86.1 cm³/mol. The van der Waals surface area contributed by atoms with E-state index >= 15 is 0 Å². The van der Waals surface area contributed by atoms with E-state index in [-0.39, 0.29) is 13.2 Å². The first kappa shape index (κ1) is 21.1. The molecule has 0 rings (SSSR count). The summed E-state index contributed by atoms with van der Waals surface area (Å²) in [4.78, 5) is 11.8. The quantitative estimate of drug-likeness (QED) is 0.426. The van der Waals surface area contributed by atoms with Gasteiger partial charge in [-0.05, 0) is 24.7 Å². The Morgan fingerprint density at radius 3 is 1.52 bits per heavy atom. The largest absolute Gasteiger partial charge is 0.756 e. The first-order valence-electron chi connectivity index (χ1n) is 8.59. The highest BCUT2D eigenvalue weighted by Crippen LogP contribution is 2.40. The van der Waals surface area contributed by atoms with Gasteiger partial charge in [-0.3, -0.25) is 4.57 Å². The fourth-order valence-electron chi connectivity index (χ4n) is 2.23. The monoisotopic (exact) mass is 321 g/mol. The third-order valence-electron chi connectivity index (χ3n) is 4.02. The zero-order valence-electron chi connectivity index (χ0n) is 14.3. The van der Waals surface area contributed by atoms with Gasteiger partial charge in [0.15, 0.2) is 0 Å². The minimum Gasteiger partial charge on any atom is -0.756 e. The summed E-state index contributed by atoms with van der Waals surface area (Å²) in [6.07, 6.45) is 8.38. The minimum absolute atomic E-state index is 0.253. The number of phosphoric ester groups is 1. The van der Waals surface area contributed by atoms with Gasteiger partial charge in [-0.2, -0.15) is 0 Å². The zero-order chi connectivity index (χ0) is 16.1. The Morgan fingerprint density at radius 2 is 1.24 bits per heavy atom. The number of hydrogen-bond donors (Lipinski definition) is 0. The summed E-state index contributed by atoms with van der Waals surface area (Å²) in [5, 5.41) is 0. The molecule has 0 saturated heterocycles. The SMILES string of the molecule is CCCC[C@H](CC)COP(=O)([O-])OC[C@@H](CC)CCCC. The van der Waals surface area contributed by atoms with Crippen LogP contribution in [-0.2, 0) is 13.6 Å². The molecular weight excluding hydrogens is 287 g/mol. The van der Waals surface area contributed by atoms with Gasteiger partial charge in [0.2, 0.25) is 0 Å². The number of phosphoric acid groups is 1. The normalized spacial score (nSPS) is 15.1. The first-order valence-corrected chi connectivity index (χ1v) is 10.0. The van der Waals surface area contributed by atoms with E-state index < -0.39 is 7.82 Å². The van der Waals surface area contributed by atoms with Crippen molar-refractivity contribution in [2.75, 3.05) is 13.2 Å². The van der Waals surface area contributed by atoms with Crippen LogP contribution < -0.4 is 4.89 Å². The third-order valence-corrected chi connectivity index (χ3v) is 4.95. The lowest BCUT2D eigenvalue weighted by Gasteiger charge is -2.27. The second-order valence-electron chi connectivity index (χ2n) is 5.87. The van der Waals surface area contributed by atoms with Crippen molar-refractivity contribution in [3.05, 3.63) is 0 Å². The van der Waals surface area contributed by atoms with Crippen LogP contribution in [0.25, 0.3) is 0 Å². The second kappa shape index (κ2) is 12.6. The average Bonchev–Trinajstić information content (AvgIpc) is 2.47. The molecule has 0 aliphatic rings. The van der Waals surface area contributed by atoms with Crippen LogP contribution in [0, 0.1) is 11.8 Å². The van der Waals surface area contributed by atoms with Crippen molar-refractivity contribution in [3.63, 3.8) is 0 Å². The minimum atomic E-state index is -4.14. The van der Waals surface area contributed by atoms with Crippen molar-refractivity contribution in [1.82, 2.24) is 0 Å². The maximum atomic E-state index is 11.8. The molecule has 5 heteroatoms. The van der Waals surface area contributed by atoms with Crippen molar-refractivity contribution in [3.8, 4) is 0 Å². The first-order chi connectivity index (χ1) is 9.99. The van der Waals surface area contributed by atoms with E-state index in [4.69, 9.17) is 9.05 Å². The summed E-state index contributed by atoms with van der Waals surface area (Å²) in [6.45, 7) is 8.91.